The summed E-state index contributed by atoms with van der Waals surface area (Å²) in [5.41, 5.74) is 1.94. The van der Waals surface area contributed by atoms with Crippen LogP contribution in [0.2, 0.25) is 0 Å². The summed E-state index contributed by atoms with van der Waals surface area (Å²) in [6.45, 7) is 2.43. The Labute approximate surface area is 107 Å². The van der Waals surface area contributed by atoms with Crippen LogP contribution in [-0.4, -0.2) is 24.6 Å². The van der Waals surface area contributed by atoms with Gasteiger partial charge in [0.05, 0.1) is 12.5 Å². The lowest BCUT2D eigenvalue weighted by atomic mass is 10.2. The second kappa shape index (κ2) is 4.82. The van der Waals surface area contributed by atoms with E-state index in [0.717, 1.165) is 15.7 Å². The van der Waals surface area contributed by atoms with E-state index < -0.39 is 0 Å². The molecule has 1 amide bonds. The average molecular weight is 295 g/mol. The van der Waals surface area contributed by atoms with Crippen molar-refractivity contribution in [3.8, 4) is 0 Å². The molecule has 0 N–H and O–H groups in total. The quantitative estimate of drug-likeness (QED) is 0.620. The molecule has 0 aliphatic carbocycles. The molecule has 0 radical (unpaired) electrons. The Hall–Kier alpha value is -1.45. The Kier molecular flexibility index (Phi) is 3.41. The summed E-state index contributed by atoms with van der Waals surface area (Å²) in [6.07, 6.45) is 1.79. The second-order valence-corrected chi connectivity index (χ2v) is 4.87. The molecule has 5 heteroatoms. The maximum Gasteiger partial charge on any atom is 0.235 e. The highest BCUT2D eigenvalue weighted by molar-refractivity contribution is 9.10. The molecular formula is C12H11BrN2O2. The highest BCUT2D eigenvalue weighted by Crippen LogP contribution is 2.27. The van der Waals surface area contributed by atoms with Crippen LogP contribution in [0.4, 0.5) is 5.69 Å². The zero-order chi connectivity index (χ0) is 12.4. The van der Waals surface area contributed by atoms with Gasteiger partial charge in [-0.15, -0.1) is 0 Å². The van der Waals surface area contributed by atoms with Crippen molar-refractivity contribution in [2.24, 2.45) is 4.99 Å². The predicted octanol–water partition coefficient (Wildman–Crippen LogP) is 2.20. The standard InChI is InChI=1S/C12H11BrN2O2/c1-8-2-3-10(5-11(8)13)15-6-9(14-7-16)4-12(15)17/h2-3,5,9H,4,6H2,1H3. The molecule has 1 heterocycles. The topological polar surface area (TPSA) is 49.7 Å². The van der Waals surface area contributed by atoms with Crippen LogP contribution in [0.3, 0.4) is 0 Å². The number of isocyanates is 1. The number of rotatable bonds is 2. The van der Waals surface area contributed by atoms with Gasteiger partial charge >= 0.3 is 0 Å². The van der Waals surface area contributed by atoms with Gasteiger partial charge in [-0.1, -0.05) is 22.0 Å². The summed E-state index contributed by atoms with van der Waals surface area (Å²) in [4.78, 5) is 27.2. The summed E-state index contributed by atoms with van der Waals surface area (Å²) in [7, 11) is 0. The Morgan fingerprint density at radius 2 is 2.29 bits per heavy atom. The lowest BCUT2D eigenvalue weighted by Crippen LogP contribution is -2.24. The minimum Gasteiger partial charge on any atom is -0.310 e. The normalized spacial score (nSPS) is 19.3. The number of aliphatic imine (C=N–C) groups is 1. The van der Waals surface area contributed by atoms with Crippen LogP contribution < -0.4 is 4.90 Å². The zero-order valence-corrected chi connectivity index (χ0v) is 10.9. The minimum atomic E-state index is -0.264. The van der Waals surface area contributed by atoms with Gasteiger partial charge in [0, 0.05) is 16.7 Å². The number of hydrogen-bond acceptors (Lipinski definition) is 3. The SMILES string of the molecule is Cc1ccc(N2CC(N=C=O)CC2=O)cc1Br. The van der Waals surface area contributed by atoms with Gasteiger partial charge in [-0.05, 0) is 24.6 Å². The number of nitrogens with zero attached hydrogens (tertiary/aromatic N) is 2. The highest BCUT2D eigenvalue weighted by atomic mass is 79.9. The van der Waals surface area contributed by atoms with E-state index in [-0.39, 0.29) is 18.4 Å². The summed E-state index contributed by atoms with van der Waals surface area (Å²) in [6, 6.07) is 5.48. The molecule has 2 rings (SSSR count). The van der Waals surface area contributed by atoms with Crippen molar-refractivity contribution >= 4 is 33.6 Å². The van der Waals surface area contributed by atoms with Crippen LogP contribution in [0.15, 0.2) is 27.7 Å². The van der Waals surface area contributed by atoms with Gasteiger partial charge in [0.2, 0.25) is 12.0 Å². The molecule has 1 saturated heterocycles. The van der Waals surface area contributed by atoms with E-state index in [2.05, 4.69) is 20.9 Å². The molecule has 1 atom stereocenters. The molecule has 0 saturated carbocycles. The van der Waals surface area contributed by atoms with Crippen molar-refractivity contribution in [2.75, 3.05) is 11.4 Å². The smallest absolute Gasteiger partial charge is 0.235 e. The Morgan fingerprint density at radius 1 is 1.53 bits per heavy atom. The van der Waals surface area contributed by atoms with Crippen LogP contribution in [0, 0.1) is 6.92 Å². The fourth-order valence-corrected chi connectivity index (χ4v) is 2.22. The lowest BCUT2D eigenvalue weighted by molar-refractivity contribution is -0.117. The molecule has 4 nitrogen and oxygen atoms in total. The maximum atomic E-state index is 11.8. The Balaban J connectivity index is 2.25. The first kappa shape index (κ1) is 12.0. The van der Waals surface area contributed by atoms with E-state index in [1.54, 1.807) is 4.90 Å². The summed E-state index contributed by atoms with van der Waals surface area (Å²) in [5.74, 6) is -0.00949. The van der Waals surface area contributed by atoms with Gasteiger partial charge in [-0.3, -0.25) is 4.79 Å². The maximum absolute atomic E-state index is 11.8. The molecule has 0 aromatic heterocycles. The van der Waals surface area contributed by atoms with Crippen LogP contribution in [0.25, 0.3) is 0 Å². The first-order chi connectivity index (χ1) is 8.11. The van der Waals surface area contributed by atoms with Crippen molar-refractivity contribution in [1.82, 2.24) is 0 Å². The van der Waals surface area contributed by atoms with E-state index in [4.69, 9.17) is 0 Å². The highest BCUT2D eigenvalue weighted by Gasteiger charge is 2.30. The number of aryl methyl sites for hydroxylation is 1. The molecule has 1 aliphatic rings. The van der Waals surface area contributed by atoms with Gasteiger partial charge in [0.15, 0.2) is 0 Å². The molecule has 0 bridgehead atoms. The summed E-state index contributed by atoms with van der Waals surface area (Å²) < 4.78 is 0.963. The van der Waals surface area contributed by atoms with Gasteiger partial charge in [-0.25, -0.2) is 9.79 Å². The predicted molar refractivity (Wildman–Crippen MR) is 67.8 cm³/mol. The fourth-order valence-electron chi connectivity index (χ4n) is 1.85. The van der Waals surface area contributed by atoms with E-state index in [1.807, 2.05) is 25.1 Å². The first-order valence-electron chi connectivity index (χ1n) is 5.25. The van der Waals surface area contributed by atoms with Gasteiger partial charge in [-0.2, -0.15) is 0 Å². The van der Waals surface area contributed by atoms with Crippen LogP contribution in [-0.2, 0) is 9.59 Å². The second-order valence-electron chi connectivity index (χ2n) is 4.02. The van der Waals surface area contributed by atoms with E-state index in [1.165, 1.54) is 6.08 Å². The van der Waals surface area contributed by atoms with Crippen LogP contribution in [0.1, 0.15) is 12.0 Å². The van der Waals surface area contributed by atoms with Crippen molar-refractivity contribution in [3.05, 3.63) is 28.2 Å². The summed E-state index contributed by atoms with van der Waals surface area (Å²) >= 11 is 3.44. The first-order valence-corrected chi connectivity index (χ1v) is 6.04. The lowest BCUT2D eigenvalue weighted by Gasteiger charge is -2.16. The third-order valence-electron chi connectivity index (χ3n) is 2.81. The molecule has 88 valence electrons. The number of benzene rings is 1. The van der Waals surface area contributed by atoms with E-state index in [9.17, 15) is 9.59 Å². The average Bonchev–Trinajstić information content (AvgIpc) is 2.64. The molecule has 1 aromatic carbocycles. The minimum absolute atomic E-state index is 0.00949. The number of carbonyl (C=O) groups is 1. The number of anilines is 1. The molecule has 1 fully saturated rings. The van der Waals surface area contributed by atoms with E-state index in [0.29, 0.717) is 6.54 Å². The third kappa shape index (κ3) is 2.46. The van der Waals surface area contributed by atoms with Crippen molar-refractivity contribution in [2.45, 2.75) is 19.4 Å². The third-order valence-corrected chi connectivity index (χ3v) is 3.66. The fraction of sp³-hybridized carbons (Fsp3) is 0.333. The van der Waals surface area contributed by atoms with Crippen molar-refractivity contribution in [1.29, 1.82) is 0 Å². The monoisotopic (exact) mass is 294 g/mol. The van der Waals surface area contributed by atoms with Gasteiger partial charge < -0.3 is 4.90 Å². The Morgan fingerprint density at radius 3 is 2.94 bits per heavy atom. The molecule has 1 aliphatic heterocycles. The Bertz CT molecular complexity index is 509. The number of halogens is 1. The molecule has 17 heavy (non-hydrogen) atoms. The molecular weight excluding hydrogens is 284 g/mol. The van der Waals surface area contributed by atoms with Gasteiger partial charge in [0.1, 0.15) is 0 Å². The van der Waals surface area contributed by atoms with Crippen molar-refractivity contribution in [3.63, 3.8) is 0 Å². The number of amides is 1. The largest absolute Gasteiger partial charge is 0.310 e. The summed E-state index contributed by atoms with van der Waals surface area (Å²) in [5, 5.41) is 0. The zero-order valence-electron chi connectivity index (χ0n) is 9.31. The van der Waals surface area contributed by atoms with Crippen LogP contribution in [0.5, 0.6) is 0 Å². The molecule has 1 unspecified atom stereocenters. The molecule has 0 spiro atoms. The van der Waals surface area contributed by atoms with E-state index >= 15 is 0 Å². The van der Waals surface area contributed by atoms with Crippen LogP contribution >= 0.6 is 15.9 Å². The molecule has 1 aromatic rings. The van der Waals surface area contributed by atoms with Gasteiger partial charge in [0.25, 0.3) is 0 Å². The number of carbonyl (C=O) groups excluding carboxylic acids is 2. The van der Waals surface area contributed by atoms with Crippen molar-refractivity contribution < 1.29 is 9.59 Å². The number of hydrogen-bond donors (Lipinski definition) is 0.